The Bertz CT molecular complexity index is 433. The van der Waals surface area contributed by atoms with Crippen LogP contribution in [0.15, 0.2) is 18.2 Å². The molecule has 5 heteroatoms. The molecule has 5 nitrogen and oxygen atoms in total. The minimum atomic E-state index is -0.263. The van der Waals surface area contributed by atoms with E-state index in [2.05, 4.69) is 5.32 Å². The van der Waals surface area contributed by atoms with Gasteiger partial charge in [-0.25, -0.2) is 0 Å². The average Bonchev–Trinajstić information content (AvgIpc) is 2.45. The van der Waals surface area contributed by atoms with E-state index in [4.69, 9.17) is 14.2 Å². The van der Waals surface area contributed by atoms with Crippen LogP contribution in [-0.2, 0) is 9.53 Å². The molecule has 0 radical (unpaired) electrons. The molecule has 1 aromatic rings. The van der Waals surface area contributed by atoms with E-state index in [1.807, 2.05) is 32.0 Å². The lowest BCUT2D eigenvalue weighted by Gasteiger charge is -2.22. The average molecular weight is 267 g/mol. The second kappa shape index (κ2) is 6.87. The quantitative estimate of drug-likeness (QED) is 0.802. The van der Waals surface area contributed by atoms with E-state index in [-0.39, 0.29) is 17.9 Å². The highest BCUT2D eigenvalue weighted by Crippen LogP contribution is 2.30. The van der Waals surface area contributed by atoms with Crippen LogP contribution in [0.5, 0.6) is 11.5 Å². The molecular formula is C14H21NO4. The molecule has 0 saturated carbocycles. The van der Waals surface area contributed by atoms with Gasteiger partial charge in [-0.1, -0.05) is 0 Å². The summed E-state index contributed by atoms with van der Waals surface area (Å²) in [6.45, 7) is 3.73. The summed E-state index contributed by atoms with van der Waals surface area (Å²) in [6, 6.07) is 5.38. The van der Waals surface area contributed by atoms with E-state index in [1.165, 1.54) is 7.11 Å². The largest absolute Gasteiger partial charge is 0.497 e. The maximum absolute atomic E-state index is 11.5. The first-order valence-corrected chi connectivity index (χ1v) is 6.09. The van der Waals surface area contributed by atoms with Crippen LogP contribution in [0.2, 0.25) is 0 Å². The van der Waals surface area contributed by atoms with Crippen molar-refractivity contribution in [3.8, 4) is 11.5 Å². The number of carbonyl (C=O) groups is 1. The molecule has 1 aromatic carbocycles. The number of rotatable bonds is 6. The highest BCUT2D eigenvalue weighted by molar-refractivity contribution is 5.73. The van der Waals surface area contributed by atoms with Crippen molar-refractivity contribution < 1.29 is 19.0 Å². The van der Waals surface area contributed by atoms with Crippen LogP contribution < -0.4 is 14.8 Å². The van der Waals surface area contributed by atoms with E-state index in [1.54, 1.807) is 14.2 Å². The molecule has 1 rings (SSSR count). The summed E-state index contributed by atoms with van der Waals surface area (Å²) in [6.07, 6.45) is 0. The van der Waals surface area contributed by atoms with Gasteiger partial charge in [0.25, 0.3) is 0 Å². The third-order valence-electron chi connectivity index (χ3n) is 3.11. The Hall–Kier alpha value is -1.91. The van der Waals surface area contributed by atoms with Gasteiger partial charge < -0.3 is 19.5 Å². The fourth-order valence-electron chi connectivity index (χ4n) is 1.69. The Morgan fingerprint density at radius 2 is 1.84 bits per heavy atom. The topological polar surface area (TPSA) is 56.8 Å². The molecule has 0 aliphatic rings. The molecule has 0 amide bonds. The molecular weight excluding hydrogens is 246 g/mol. The first-order chi connectivity index (χ1) is 9.03. The molecule has 2 unspecified atom stereocenters. The van der Waals surface area contributed by atoms with Crippen LogP contribution in [-0.4, -0.2) is 33.3 Å². The molecule has 0 aliphatic heterocycles. The van der Waals surface area contributed by atoms with E-state index >= 15 is 0 Å². The summed E-state index contributed by atoms with van der Waals surface area (Å²) in [5.41, 5.74) is 0.783. The second-order valence-corrected chi connectivity index (χ2v) is 4.31. The predicted molar refractivity (Wildman–Crippen MR) is 73.8 cm³/mol. The zero-order chi connectivity index (χ0) is 14.4. The van der Waals surface area contributed by atoms with Gasteiger partial charge in [0.05, 0.1) is 32.9 Å². The number of ether oxygens (including phenoxy) is 3. The van der Waals surface area contributed by atoms with E-state index < -0.39 is 0 Å². The zero-order valence-electron chi connectivity index (χ0n) is 12.0. The molecule has 19 heavy (non-hydrogen) atoms. The molecule has 0 saturated heterocycles. The molecule has 1 N–H and O–H groups in total. The fourth-order valence-corrected chi connectivity index (χ4v) is 1.69. The summed E-state index contributed by atoms with van der Waals surface area (Å²) < 4.78 is 15.2. The van der Waals surface area contributed by atoms with Gasteiger partial charge in [0.2, 0.25) is 0 Å². The Balaban J connectivity index is 2.88. The standard InChI is InChI=1S/C14H21NO4/c1-9(14(16)19-5)10(2)15-12-8-11(17-3)6-7-13(12)18-4/h6-10,15H,1-5H3. The molecule has 2 atom stereocenters. The van der Waals surface area contributed by atoms with Gasteiger partial charge >= 0.3 is 5.97 Å². The minimum Gasteiger partial charge on any atom is -0.497 e. The number of hydrogen-bond acceptors (Lipinski definition) is 5. The van der Waals surface area contributed by atoms with Crippen LogP contribution in [0.3, 0.4) is 0 Å². The summed E-state index contributed by atoms with van der Waals surface area (Å²) >= 11 is 0. The van der Waals surface area contributed by atoms with Crippen molar-refractivity contribution >= 4 is 11.7 Å². The number of benzene rings is 1. The minimum absolute atomic E-state index is 0.0894. The lowest BCUT2D eigenvalue weighted by molar-refractivity contribution is -0.145. The third-order valence-corrected chi connectivity index (χ3v) is 3.11. The maximum Gasteiger partial charge on any atom is 0.310 e. The van der Waals surface area contributed by atoms with E-state index in [0.29, 0.717) is 5.75 Å². The molecule has 0 aliphatic carbocycles. The Kier molecular flexibility index (Phi) is 5.48. The molecule has 0 heterocycles. The van der Waals surface area contributed by atoms with Gasteiger partial charge in [-0.3, -0.25) is 4.79 Å². The number of nitrogens with one attached hydrogen (secondary N) is 1. The summed E-state index contributed by atoms with van der Waals surface area (Å²) in [5.74, 6) is 0.911. The fraction of sp³-hybridized carbons (Fsp3) is 0.500. The van der Waals surface area contributed by atoms with Gasteiger partial charge in [-0.05, 0) is 26.0 Å². The number of hydrogen-bond donors (Lipinski definition) is 1. The molecule has 0 fully saturated rings. The first kappa shape index (κ1) is 15.1. The molecule has 0 bridgehead atoms. The van der Waals surface area contributed by atoms with Gasteiger partial charge in [0.15, 0.2) is 0 Å². The van der Waals surface area contributed by atoms with Crippen LogP contribution in [0, 0.1) is 5.92 Å². The van der Waals surface area contributed by atoms with Gasteiger partial charge in [0.1, 0.15) is 11.5 Å². The summed E-state index contributed by atoms with van der Waals surface area (Å²) in [7, 11) is 4.59. The van der Waals surface area contributed by atoms with Gasteiger partial charge in [0, 0.05) is 12.1 Å². The molecule has 0 aromatic heterocycles. The lowest BCUT2D eigenvalue weighted by Crippen LogP contribution is -2.30. The van der Waals surface area contributed by atoms with Crippen molar-refractivity contribution in [1.29, 1.82) is 0 Å². The molecule has 0 spiro atoms. The number of methoxy groups -OCH3 is 3. The lowest BCUT2D eigenvalue weighted by atomic mass is 10.0. The van der Waals surface area contributed by atoms with Crippen LogP contribution in [0.25, 0.3) is 0 Å². The zero-order valence-corrected chi connectivity index (χ0v) is 12.0. The molecule has 106 valence electrons. The normalized spacial score (nSPS) is 13.3. The number of esters is 1. The second-order valence-electron chi connectivity index (χ2n) is 4.31. The van der Waals surface area contributed by atoms with Gasteiger partial charge in [-0.15, -0.1) is 0 Å². The highest BCUT2D eigenvalue weighted by Gasteiger charge is 2.21. The van der Waals surface area contributed by atoms with Crippen molar-refractivity contribution in [3.63, 3.8) is 0 Å². The predicted octanol–water partition coefficient (Wildman–Crippen LogP) is 2.31. The smallest absolute Gasteiger partial charge is 0.310 e. The van der Waals surface area contributed by atoms with E-state index in [0.717, 1.165) is 11.4 Å². The van der Waals surface area contributed by atoms with Gasteiger partial charge in [-0.2, -0.15) is 0 Å². The Labute approximate surface area is 113 Å². The van der Waals surface area contributed by atoms with Crippen molar-refractivity contribution in [3.05, 3.63) is 18.2 Å². The van der Waals surface area contributed by atoms with Crippen LogP contribution in [0.4, 0.5) is 5.69 Å². The van der Waals surface area contributed by atoms with Crippen molar-refractivity contribution in [2.24, 2.45) is 5.92 Å². The third kappa shape index (κ3) is 3.77. The van der Waals surface area contributed by atoms with Crippen molar-refractivity contribution in [2.75, 3.05) is 26.6 Å². The summed E-state index contributed by atoms with van der Waals surface area (Å²) in [4.78, 5) is 11.5. The Morgan fingerprint density at radius 1 is 1.16 bits per heavy atom. The SMILES string of the molecule is COC(=O)C(C)C(C)Nc1cc(OC)ccc1OC. The van der Waals surface area contributed by atoms with Crippen molar-refractivity contribution in [2.45, 2.75) is 19.9 Å². The highest BCUT2D eigenvalue weighted by atomic mass is 16.5. The number of carbonyl (C=O) groups excluding carboxylic acids is 1. The first-order valence-electron chi connectivity index (χ1n) is 6.09. The Morgan fingerprint density at radius 3 is 2.37 bits per heavy atom. The summed E-state index contributed by atoms with van der Waals surface area (Å²) in [5, 5.41) is 3.25. The number of anilines is 1. The van der Waals surface area contributed by atoms with E-state index in [9.17, 15) is 4.79 Å². The van der Waals surface area contributed by atoms with Crippen LogP contribution in [0.1, 0.15) is 13.8 Å². The maximum atomic E-state index is 11.5. The monoisotopic (exact) mass is 267 g/mol. The van der Waals surface area contributed by atoms with Crippen LogP contribution >= 0.6 is 0 Å². The van der Waals surface area contributed by atoms with Crippen molar-refractivity contribution in [1.82, 2.24) is 0 Å².